The molecule has 0 bridgehead atoms. The molecule has 0 heterocycles. The molecule has 10 heavy (non-hydrogen) atoms. The zero-order valence-corrected chi connectivity index (χ0v) is 6.33. The summed E-state index contributed by atoms with van der Waals surface area (Å²) >= 11 is 0. The van der Waals surface area contributed by atoms with Crippen LogP contribution in [0.15, 0.2) is 0 Å². The van der Waals surface area contributed by atoms with Crippen LogP contribution in [0.3, 0.4) is 0 Å². The van der Waals surface area contributed by atoms with Gasteiger partial charge in [0.2, 0.25) is 0 Å². The molecule has 0 saturated carbocycles. The Balaban J connectivity index is 3.71. The van der Waals surface area contributed by atoms with Gasteiger partial charge < -0.3 is 16.2 Å². The van der Waals surface area contributed by atoms with Crippen molar-refractivity contribution in [3.63, 3.8) is 0 Å². The number of hydrogen-bond acceptors (Lipinski definition) is 4. The lowest BCUT2D eigenvalue weighted by molar-refractivity contribution is -0.145. The van der Waals surface area contributed by atoms with Crippen LogP contribution in [0.1, 0.15) is 13.8 Å². The van der Waals surface area contributed by atoms with Crippen LogP contribution in [0.4, 0.5) is 0 Å². The highest BCUT2D eigenvalue weighted by atomic mass is 16.5. The summed E-state index contributed by atoms with van der Waals surface area (Å²) < 4.78 is 4.62. The van der Waals surface area contributed by atoms with Crippen molar-refractivity contribution in [3.05, 3.63) is 0 Å². The van der Waals surface area contributed by atoms with E-state index in [1.165, 1.54) is 0 Å². The lowest BCUT2D eigenvalue weighted by atomic mass is 10.2. The zero-order valence-electron chi connectivity index (χ0n) is 6.33. The van der Waals surface area contributed by atoms with Crippen LogP contribution in [0.2, 0.25) is 0 Å². The largest absolute Gasteiger partial charge is 0.465 e. The predicted molar refractivity (Wildman–Crippen MR) is 38.3 cm³/mol. The number of rotatable bonds is 3. The van der Waals surface area contributed by atoms with Gasteiger partial charge in [0.25, 0.3) is 0 Å². The SMILES string of the molecule is CCOC(=O)[C@@H](N)[C@@H](C)N. The van der Waals surface area contributed by atoms with Crippen LogP contribution >= 0.6 is 0 Å². The number of carbonyl (C=O) groups is 1. The normalized spacial score (nSPS) is 16.0. The van der Waals surface area contributed by atoms with E-state index in [9.17, 15) is 4.79 Å². The Morgan fingerprint density at radius 3 is 2.40 bits per heavy atom. The summed E-state index contributed by atoms with van der Waals surface area (Å²) in [4.78, 5) is 10.8. The minimum Gasteiger partial charge on any atom is -0.465 e. The first-order valence-electron chi connectivity index (χ1n) is 3.27. The molecule has 0 unspecified atom stereocenters. The fourth-order valence-electron chi connectivity index (χ4n) is 0.453. The van der Waals surface area contributed by atoms with Gasteiger partial charge in [0, 0.05) is 6.04 Å². The van der Waals surface area contributed by atoms with Gasteiger partial charge >= 0.3 is 5.97 Å². The Morgan fingerprint density at radius 1 is 1.60 bits per heavy atom. The second-order valence-electron chi connectivity index (χ2n) is 2.14. The quantitative estimate of drug-likeness (QED) is 0.512. The molecular weight excluding hydrogens is 132 g/mol. The maximum Gasteiger partial charge on any atom is 0.324 e. The van der Waals surface area contributed by atoms with E-state index in [4.69, 9.17) is 11.5 Å². The molecule has 0 aliphatic carbocycles. The van der Waals surface area contributed by atoms with E-state index >= 15 is 0 Å². The van der Waals surface area contributed by atoms with Gasteiger partial charge in [0.05, 0.1) is 6.61 Å². The highest BCUT2D eigenvalue weighted by Crippen LogP contribution is 1.89. The molecule has 0 spiro atoms. The molecule has 0 radical (unpaired) electrons. The van der Waals surface area contributed by atoms with Crippen molar-refractivity contribution in [1.29, 1.82) is 0 Å². The molecule has 0 aliphatic rings. The maximum absolute atomic E-state index is 10.8. The van der Waals surface area contributed by atoms with Gasteiger partial charge in [-0.3, -0.25) is 4.79 Å². The summed E-state index contributed by atoms with van der Waals surface area (Å²) in [6.07, 6.45) is 0. The second-order valence-corrected chi connectivity index (χ2v) is 2.14. The van der Waals surface area contributed by atoms with E-state index in [1.807, 2.05) is 0 Å². The predicted octanol–water partition coefficient (Wildman–Crippen LogP) is -0.776. The van der Waals surface area contributed by atoms with Crippen LogP contribution in [0.25, 0.3) is 0 Å². The number of ether oxygens (including phenoxy) is 1. The molecule has 0 saturated heterocycles. The van der Waals surface area contributed by atoms with Crippen LogP contribution in [-0.2, 0) is 9.53 Å². The van der Waals surface area contributed by atoms with E-state index in [0.29, 0.717) is 6.61 Å². The number of esters is 1. The molecule has 0 fully saturated rings. The van der Waals surface area contributed by atoms with Crippen LogP contribution in [-0.4, -0.2) is 24.7 Å². The molecule has 0 amide bonds. The summed E-state index contributed by atoms with van der Waals surface area (Å²) in [6.45, 7) is 3.74. The van der Waals surface area contributed by atoms with Crippen molar-refractivity contribution >= 4 is 5.97 Å². The number of hydrogen-bond donors (Lipinski definition) is 2. The van der Waals surface area contributed by atoms with Crippen molar-refractivity contribution < 1.29 is 9.53 Å². The standard InChI is InChI=1S/C6H14N2O2/c1-3-10-6(9)5(8)4(2)7/h4-5H,3,7-8H2,1-2H3/t4-,5+/m1/s1. The van der Waals surface area contributed by atoms with E-state index < -0.39 is 12.0 Å². The molecule has 4 N–H and O–H groups in total. The van der Waals surface area contributed by atoms with Crippen LogP contribution in [0.5, 0.6) is 0 Å². The summed E-state index contributed by atoms with van der Waals surface area (Å²) in [7, 11) is 0. The first-order valence-corrected chi connectivity index (χ1v) is 3.27. The van der Waals surface area contributed by atoms with Gasteiger partial charge in [-0.2, -0.15) is 0 Å². The average molecular weight is 146 g/mol. The Morgan fingerprint density at radius 2 is 2.10 bits per heavy atom. The molecule has 4 heteroatoms. The fraction of sp³-hybridized carbons (Fsp3) is 0.833. The van der Waals surface area contributed by atoms with Crippen molar-refractivity contribution in [2.24, 2.45) is 11.5 Å². The lowest BCUT2D eigenvalue weighted by Crippen LogP contribution is -2.46. The van der Waals surface area contributed by atoms with Crippen LogP contribution < -0.4 is 11.5 Å². The van der Waals surface area contributed by atoms with Gasteiger partial charge in [-0.25, -0.2) is 0 Å². The molecule has 0 aromatic heterocycles. The van der Waals surface area contributed by atoms with E-state index in [1.54, 1.807) is 13.8 Å². The third kappa shape index (κ3) is 2.80. The lowest BCUT2D eigenvalue weighted by Gasteiger charge is -2.12. The minimum absolute atomic E-state index is 0.346. The molecule has 2 atom stereocenters. The Labute approximate surface area is 60.5 Å². The third-order valence-corrected chi connectivity index (χ3v) is 1.13. The van der Waals surface area contributed by atoms with Crippen molar-refractivity contribution in [1.82, 2.24) is 0 Å². The van der Waals surface area contributed by atoms with Gasteiger partial charge in [0.1, 0.15) is 6.04 Å². The fourth-order valence-corrected chi connectivity index (χ4v) is 0.453. The highest BCUT2D eigenvalue weighted by molar-refractivity contribution is 5.76. The van der Waals surface area contributed by atoms with Crippen LogP contribution in [0, 0.1) is 0 Å². The molecule has 0 aromatic carbocycles. The summed E-state index contributed by atoms with van der Waals surface area (Å²) in [5.74, 6) is -0.433. The Hall–Kier alpha value is -0.610. The van der Waals surface area contributed by atoms with Crippen molar-refractivity contribution in [2.45, 2.75) is 25.9 Å². The first-order chi connectivity index (χ1) is 4.59. The zero-order chi connectivity index (χ0) is 8.15. The summed E-state index contributed by atoms with van der Waals surface area (Å²) in [5, 5.41) is 0. The molecule has 4 nitrogen and oxygen atoms in total. The van der Waals surface area contributed by atoms with Gasteiger partial charge in [-0.15, -0.1) is 0 Å². The molecule has 0 rings (SSSR count). The van der Waals surface area contributed by atoms with Crippen molar-refractivity contribution in [3.8, 4) is 0 Å². The third-order valence-electron chi connectivity index (χ3n) is 1.13. The monoisotopic (exact) mass is 146 g/mol. The second kappa shape index (κ2) is 4.24. The Bertz CT molecular complexity index is 114. The molecular formula is C6H14N2O2. The van der Waals surface area contributed by atoms with E-state index in [0.717, 1.165) is 0 Å². The first kappa shape index (κ1) is 9.39. The topological polar surface area (TPSA) is 78.3 Å². The maximum atomic E-state index is 10.8. The highest BCUT2D eigenvalue weighted by Gasteiger charge is 2.17. The molecule has 60 valence electrons. The van der Waals surface area contributed by atoms with E-state index in [2.05, 4.69) is 4.74 Å². The van der Waals surface area contributed by atoms with Gasteiger partial charge in [-0.1, -0.05) is 0 Å². The average Bonchev–Trinajstić information content (AvgIpc) is 1.87. The summed E-state index contributed by atoms with van der Waals surface area (Å²) in [5.41, 5.74) is 10.7. The van der Waals surface area contributed by atoms with Gasteiger partial charge in [0.15, 0.2) is 0 Å². The smallest absolute Gasteiger partial charge is 0.324 e. The molecule has 0 aromatic rings. The Kier molecular flexibility index (Phi) is 3.99. The van der Waals surface area contributed by atoms with Crippen molar-refractivity contribution in [2.75, 3.05) is 6.61 Å². The minimum atomic E-state index is -0.694. The number of nitrogens with two attached hydrogens (primary N) is 2. The van der Waals surface area contributed by atoms with Gasteiger partial charge in [-0.05, 0) is 13.8 Å². The molecule has 0 aliphatic heterocycles. The van der Waals surface area contributed by atoms with E-state index in [-0.39, 0.29) is 6.04 Å². The summed E-state index contributed by atoms with van der Waals surface area (Å²) in [6, 6.07) is -1.04. The number of carbonyl (C=O) groups excluding carboxylic acids is 1.